The van der Waals surface area contributed by atoms with E-state index in [1.165, 1.54) is 6.92 Å². The molecule has 0 radical (unpaired) electrons. The minimum Gasteiger partial charge on any atom is -0.479 e. The van der Waals surface area contributed by atoms with Crippen molar-refractivity contribution >= 4 is 11.7 Å². The number of H-pyrrole nitrogens is 1. The fourth-order valence-electron chi connectivity index (χ4n) is 5.09. The summed E-state index contributed by atoms with van der Waals surface area (Å²) < 4.78 is 46.5. The number of aromatic nitrogens is 2. The number of hydrogen-bond acceptors (Lipinski definition) is 5. The Balaban J connectivity index is 2.12. The van der Waals surface area contributed by atoms with E-state index in [9.17, 15) is 27.9 Å². The Kier molecular flexibility index (Phi) is 4.76. The van der Waals surface area contributed by atoms with E-state index in [0.29, 0.717) is 12.8 Å². The first-order valence-corrected chi connectivity index (χ1v) is 9.19. The van der Waals surface area contributed by atoms with Crippen molar-refractivity contribution in [3.05, 3.63) is 22.1 Å². The second-order valence-corrected chi connectivity index (χ2v) is 8.22. The SMILES string of the molecule is CC1CC(Nc2cn[nH]c(=O)c2C(F)(F)F)(O[C@@H](C)C(=O)O)C2(C(C)C)CC12. The molecule has 0 spiro atoms. The number of carbonyl (C=O) groups is 1. The molecule has 0 bridgehead atoms. The van der Waals surface area contributed by atoms with Crippen LogP contribution >= 0.6 is 0 Å². The lowest BCUT2D eigenvalue weighted by Gasteiger charge is -2.43. The number of alkyl halides is 3. The maximum atomic E-state index is 13.5. The van der Waals surface area contributed by atoms with Crippen LogP contribution < -0.4 is 10.9 Å². The quantitative estimate of drug-likeness (QED) is 0.631. The second kappa shape index (κ2) is 6.47. The van der Waals surface area contributed by atoms with E-state index in [4.69, 9.17) is 4.74 Å². The largest absolute Gasteiger partial charge is 0.479 e. The first-order valence-electron chi connectivity index (χ1n) is 9.19. The standard InChI is InChI=1S/C18H24F3N3O4/c1-8(2)16-6-11(16)9(3)5-17(16,28-10(4)15(26)27)23-12-7-22-24-14(25)13(12)18(19,20)21/h7-11H,5-6H2,1-4H3,(H,26,27)(H2,23,24,25)/t9?,10-,11?,16?,17?/m0/s1. The number of carboxylic acid groups (broad SMARTS) is 1. The first kappa shape index (κ1) is 20.6. The molecular formula is C18H24F3N3O4. The molecule has 4 unspecified atom stereocenters. The summed E-state index contributed by atoms with van der Waals surface area (Å²) in [6.07, 6.45) is -4.20. The third kappa shape index (κ3) is 2.98. The summed E-state index contributed by atoms with van der Waals surface area (Å²) in [5, 5.41) is 17.5. The maximum absolute atomic E-state index is 13.5. The van der Waals surface area contributed by atoms with Gasteiger partial charge in [-0.25, -0.2) is 9.89 Å². The van der Waals surface area contributed by atoms with E-state index in [1.54, 1.807) is 5.10 Å². The number of fused-ring (bicyclic) bond motifs is 1. The Morgan fingerprint density at radius 3 is 2.54 bits per heavy atom. The number of carboxylic acids is 1. The summed E-state index contributed by atoms with van der Waals surface area (Å²) in [5.41, 5.74) is -5.14. The zero-order chi connectivity index (χ0) is 21.1. The predicted octanol–water partition coefficient (Wildman–Crippen LogP) is 3.09. The molecule has 0 saturated heterocycles. The van der Waals surface area contributed by atoms with Crippen LogP contribution in [0.1, 0.15) is 46.1 Å². The van der Waals surface area contributed by atoms with Crippen molar-refractivity contribution in [2.75, 3.05) is 5.32 Å². The van der Waals surface area contributed by atoms with E-state index in [2.05, 4.69) is 10.4 Å². The number of aliphatic carboxylic acids is 1. The molecule has 1 aromatic heterocycles. The van der Waals surface area contributed by atoms with Crippen LogP contribution in [0.3, 0.4) is 0 Å². The molecule has 1 aromatic rings. The molecule has 2 aliphatic rings. The molecule has 156 valence electrons. The molecule has 3 rings (SSSR count). The number of nitrogens with one attached hydrogen (secondary N) is 2. The van der Waals surface area contributed by atoms with Crippen LogP contribution in [0.25, 0.3) is 0 Å². The van der Waals surface area contributed by atoms with Gasteiger partial charge >= 0.3 is 12.1 Å². The maximum Gasteiger partial charge on any atom is 0.423 e. The summed E-state index contributed by atoms with van der Waals surface area (Å²) in [4.78, 5) is 23.3. The number of ether oxygens (including phenoxy) is 1. The van der Waals surface area contributed by atoms with E-state index < -0.39 is 46.2 Å². The van der Waals surface area contributed by atoms with Gasteiger partial charge in [0.1, 0.15) is 11.3 Å². The summed E-state index contributed by atoms with van der Waals surface area (Å²) in [6.45, 7) is 7.22. The molecule has 2 saturated carbocycles. The Bertz CT molecular complexity index is 840. The van der Waals surface area contributed by atoms with E-state index in [0.717, 1.165) is 6.20 Å². The van der Waals surface area contributed by atoms with Gasteiger partial charge in [-0.15, -0.1) is 0 Å². The fraction of sp³-hybridized carbons (Fsp3) is 0.722. The average molecular weight is 403 g/mol. The van der Waals surface area contributed by atoms with Crippen LogP contribution in [0, 0.1) is 23.2 Å². The molecule has 0 aromatic carbocycles. The van der Waals surface area contributed by atoms with Crippen molar-refractivity contribution < 1.29 is 27.8 Å². The van der Waals surface area contributed by atoms with Gasteiger partial charge < -0.3 is 15.2 Å². The molecular weight excluding hydrogens is 379 g/mol. The number of halogens is 3. The zero-order valence-electron chi connectivity index (χ0n) is 16.1. The van der Waals surface area contributed by atoms with Crippen LogP contribution in [-0.2, 0) is 15.7 Å². The molecule has 10 heteroatoms. The smallest absolute Gasteiger partial charge is 0.423 e. The lowest BCUT2D eigenvalue weighted by molar-refractivity contribution is -0.170. The Morgan fingerprint density at radius 2 is 2.04 bits per heavy atom. The van der Waals surface area contributed by atoms with Gasteiger partial charge in [-0.2, -0.15) is 18.3 Å². The average Bonchev–Trinajstić information content (AvgIpc) is 3.26. The third-order valence-corrected chi connectivity index (χ3v) is 6.34. The molecule has 2 fully saturated rings. The van der Waals surface area contributed by atoms with Crippen molar-refractivity contribution in [2.45, 2.75) is 58.5 Å². The highest BCUT2D eigenvalue weighted by molar-refractivity contribution is 5.72. The normalized spacial score (nSPS) is 32.9. The van der Waals surface area contributed by atoms with Crippen molar-refractivity contribution in [2.24, 2.45) is 23.2 Å². The van der Waals surface area contributed by atoms with Gasteiger partial charge in [-0.05, 0) is 37.5 Å². The minimum atomic E-state index is -4.91. The lowest BCUT2D eigenvalue weighted by Crippen LogP contribution is -2.53. The first-order chi connectivity index (χ1) is 12.9. The summed E-state index contributed by atoms with van der Waals surface area (Å²) in [7, 11) is 0. The van der Waals surface area contributed by atoms with E-state index in [-0.39, 0.29) is 17.8 Å². The van der Waals surface area contributed by atoms with Crippen molar-refractivity contribution in [3.8, 4) is 0 Å². The van der Waals surface area contributed by atoms with E-state index in [1.807, 2.05) is 20.8 Å². The van der Waals surface area contributed by atoms with Crippen molar-refractivity contribution in [1.82, 2.24) is 10.2 Å². The number of rotatable bonds is 6. The van der Waals surface area contributed by atoms with E-state index >= 15 is 0 Å². The Labute approximate surface area is 159 Å². The molecule has 0 amide bonds. The molecule has 2 aliphatic carbocycles. The Hall–Kier alpha value is -2.10. The van der Waals surface area contributed by atoms with Crippen LogP contribution in [-0.4, -0.2) is 33.1 Å². The number of nitrogens with zero attached hydrogens (tertiary/aromatic N) is 1. The van der Waals surface area contributed by atoms with Crippen LogP contribution in [0.2, 0.25) is 0 Å². The monoisotopic (exact) mass is 403 g/mol. The van der Waals surface area contributed by atoms with Gasteiger partial charge in [0.25, 0.3) is 5.56 Å². The molecule has 0 aliphatic heterocycles. The Morgan fingerprint density at radius 1 is 1.39 bits per heavy atom. The van der Waals surface area contributed by atoms with Gasteiger partial charge in [0.15, 0.2) is 6.10 Å². The third-order valence-electron chi connectivity index (χ3n) is 6.34. The lowest BCUT2D eigenvalue weighted by atomic mass is 9.82. The van der Waals surface area contributed by atoms with Crippen molar-refractivity contribution in [1.29, 1.82) is 0 Å². The summed E-state index contributed by atoms with van der Waals surface area (Å²) in [6, 6.07) is 0. The van der Waals surface area contributed by atoms with Gasteiger partial charge in [-0.1, -0.05) is 20.8 Å². The van der Waals surface area contributed by atoms with Gasteiger partial charge in [0, 0.05) is 5.41 Å². The number of anilines is 1. The highest BCUT2D eigenvalue weighted by Crippen LogP contribution is 2.74. The number of hydrogen-bond donors (Lipinski definition) is 3. The van der Waals surface area contributed by atoms with Crippen LogP contribution in [0.5, 0.6) is 0 Å². The highest BCUT2D eigenvalue weighted by atomic mass is 19.4. The van der Waals surface area contributed by atoms with Gasteiger partial charge in [0.05, 0.1) is 11.9 Å². The van der Waals surface area contributed by atoms with Crippen molar-refractivity contribution in [3.63, 3.8) is 0 Å². The van der Waals surface area contributed by atoms with Crippen LogP contribution in [0.15, 0.2) is 11.0 Å². The van der Waals surface area contributed by atoms with Crippen LogP contribution in [0.4, 0.5) is 18.9 Å². The minimum absolute atomic E-state index is 0.0280. The second-order valence-electron chi connectivity index (χ2n) is 8.22. The molecule has 5 atom stereocenters. The fourth-order valence-corrected chi connectivity index (χ4v) is 5.09. The summed E-state index contributed by atoms with van der Waals surface area (Å²) in [5.74, 6) is -0.859. The highest BCUT2D eigenvalue weighted by Gasteiger charge is 2.75. The molecule has 1 heterocycles. The molecule has 3 N–H and O–H groups in total. The van der Waals surface area contributed by atoms with Gasteiger partial charge in [-0.3, -0.25) is 4.79 Å². The van der Waals surface area contributed by atoms with Gasteiger partial charge in [0.2, 0.25) is 0 Å². The zero-order valence-corrected chi connectivity index (χ0v) is 16.1. The number of aromatic amines is 1. The summed E-state index contributed by atoms with van der Waals surface area (Å²) >= 11 is 0. The molecule has 7 nitrogen and oxygen atoms in total. The molecule has 28 heavy (non-hydrogen) atoms. The topological polar surface area (TPSA) is 104 Å². The predicted molar refractivity (Wildman–Crippen MR) is 93.6 cm³/mol.